The van der Waals surface area contributed by atoms with Gasteiger partial charge in [-0.25, -0.2) is 4.39 Å². The summed E-state index contributed by atoms with van der Waals surface area (Å²) in [7, 11) is 0. The van der Waals surface area contributed by atoms with E-state index in [4.69, 9.17) is 10.5 Å². The topological polar surface area (TPSA) is 35.2 Å². The second-order valence-corrected chi connectivity index (χ2v) is 5.98. The fourth-order valence-corrected chi connectivity index (χ4v) is 1.79. The number of ether oxygens (including phenoxy) is 1. The van der Waals surface area contributed by atoms with Crippen molar-refractivity contribution in [3.05, 3.63) is 29.6 Å². The SMILES string of the molecule is C[C@@H](N)c1cc(F)ccc1OCCCC(C)(C)C. The van der Waals surface area contributed by atoms with Crippen LogP contribution < -0.4 is 10.5 Å². The molecule has 0 aliphatic carbocycles. The molecule has 0 aromatic heterocycles. The first-order valence-corrected chi connectivity index (χ1v) is 6.47. The Morgan fingerprint density at radius 3 is 2.56 bits per heavy atom. The summed E-state index contributed by atoms with van der Waals surface area (Å²) >= 11 is 0. The van der Waals surface area contributed by atoms with Crippen molar-refractivity contribution in [2.45, 2.75) is 46.6 Å². The van der Waals surface area contributed by atoms with Gasteiger partial charge in [0.05, 0.1) is 6.61 Å². The standard InChI is InChI=1S/C15H24FNO/c1-11(17)13-10-12(16)6-7-14(13)18-9-5-8-15(2,3)4/h6-7,10-11H,5,8-9,17H2,1-4H3/t11-/m1/s1. The van der Waals surface area contributed by atoms with E-state index in [0.717, 1.165) is 18.4 Å². The van der Waals surface area contributed by atoms with Crippen LogP contribution in [0.25, 0.3) is 0 Å². The molecule has 0 unspecified atom stereocenters. The maximum absolute atomic E-state index is 13.1. The van der Waals surface area contributed by atoms with E-state index in [0.29, 0.717) is 17.8 Å². The number of nitrogens with two attached hydrogens (primary N) is 1. The van der Waals surface area contributed by atoms with Crippen LogP contribution in [0.1, 0.15) is 52.1 Å². The summed E-state index contributed by atoms with van der Waals surface area (Å²) in [5, 5.41) is 0. The van der Waals surface area contributed by atoms with E-state index in [9.17, 15) is 4.39 Å². The molecular weight excluding hydrogens is 229 g/mol. The molecule has 0 spiro atoms. The third-order valence-corrected chi connectivity index (χ3v) is 2.79. The molecule has 0 saturated carbocycles. The first-order valence-electron chi connectivity index (χ1n) is 6.47. The Labute approximate surface area is 109 Å². The lowest BCUT2D eigenvalue weighted by Crippen LogP contribution is -2.11. The van der Waals surface area contributed by atoms with Crippen molar-refractivity contribution < 1.29 is 9.13 Å². The number of hydrogen-bond acceptors (Lipinski definition) is 2. The highest BCUT2D eigenvalue weighted by Crippen LogP contribution is 2.26. The fraction of sp³-hybridized carbons (Fsp3) is 0.600. The van der Waals surface area contributed by atoms with Crippen molar-refractivity contribution in [2.75, 3.05) is 6.61 Å². The Morgan fingerprint density at radius 1 is 1.33 bits per heavy atom. The van der Waals surface area contributed by atoms with Gasteiger partial charge in [-0.15, -0.1) is 0 Å². The summed E-state index contributed by atoms with van der Waals surface area (Å²) in [6, 6.07) is 4.29. The lowest BCUT2D eigenvalue weighted by Gasteiger charge is -2.19. The van der Waals surface area contributed by atoms with Crippen LogP contribution in [-0.2, 0) is 0 Å². The maximum Gasteiger partial charge on any atom is 0.124 e. The molecule has 0 aliphatic rings. The summed E-state index contributed by atoms with van der Waals surface area (Å²) in [5.41, 5.74) is 6.85. The van der Waals surface area contributed by atoms with Crippen LogP contribution in [0.2, 0.25) is 0 Å². The highest BCUT2D eigenvalue weighted by Gasteiger charge is 2.11. The van der Waals surface area contributed by atoms with Crippen molar-refractivity contribution in [3.8, 4) is 5.75 Å². The van der Waals surface area contributed by atoms with Crippen LogP contribution in [0.3, 0.4) is 0 Å². The van der Waals surface area contributed by atoms with Gasteiger partial charge in [-0.2, -0.15) is 0 Å². The van der Waals surface area contributed by atoms with Crippen molar-refractivity contribution in [1.82, 2.24) is 0 Å². The summed E-state index contributed by atoms with van der Waals surface area (Å²) in [6.07, 6.45) is 2.08. The average Bonchev–Trinajstić information content (AvgIpc) is 2.24. The summed E-state index contributed by atoms with van der Waals surface area (Å²) < 4.78 is 18.8. The normalized spacial score (nSPS) is 13.4. The molecule has 2 N–H and O–H groups in total. The number of rotatable bonds is 5. The van der Waals surface area contributed by atoms with Crippen LogP contribution >= 0.6 is 0 Å². The zero-order valence-corrected chi connectivity index (χ0v) is 11.8. The maximum atomic E-state index is 13.1. The minimum Gasteiger partial charge on any atom is -0.493 e. The van der Waals surface area contributed by atoms with Crippen LogP contribution in [0.15, 0.2) is 18.2 Å². The Bertz CT molecular complexity index is 383. The molecule has 0 heterocycles. The first-order chi connectivity index (χ1) is 8.29. The van der Waals surface area contributed by atoms with E-state index in [2.05, 4.69) is 20.8 Å². The minimum absolute atomic E-state index is 0.224. The second-order valence-electron chi connectivity index (χ2n) is 5.98. The van der Waals surface area contributed by atoms with Crippen LogP contribution in [0.5, 0.6) is 5.75 Å². The molecule has 1 atom stereocenters. The zero-order chi connectivity index (χ0) is 13.8. The Morgan fingerprint density at radius 2 is 2.00 bits per heavy atom. The number of halogens is 1. The van der Waals surface area contributed by atoms with E-state index in [-0.39, 0.29) is 11.9 Å². The molecule has 1 rings (SSSR count). The van der Waals surface area contributed by atoms with Crippen molar-refractivity contribution in [3.63, 3.8) is 0 Å². The molecular formula is C15H24FNO. The van der Waals surface area contributed by atoms with Gasteiger partial charge in [0.2, 0.25) is 0 Å². The van der Waals surface area contributed by atoms with E-state index < -0.39 is 0 Å². The summed E-state index contributed by atoms with van der Waals surface area (Å²) in [6.45, 7) is 9.09. The lowest BCUT2D eigenvalue weighted by molar-refractivity contribution is 0.266. The van der Waals surface area contributed by atoms with Crippen molar-refractivity contribution in [1.29, 1.82) is 0 Å². The zero-order valence-electron chi connectivity index (χ0n) is 11.8. The van der Waals surface area contributed by atoms with E-state index in [1.54, 1.807) is 6.07 Å². The van der Waals surface area contributed by atoms with Gasteiger partial charge in [0.25, 0.3) is 0 Å². The molecule has 0 aliphatic heterocycles. The number of benzene rings is 1. The second kappa shape index (κ2) is 6.19. The van der Waals surface area contributed by atoms with Crippen LogP contribution in [0, 0.1) is 11.2 Å². The smallest absolute Gasteiger partial charge is 0.124 e. The summed E-state index contributed by atoms with van der Waals surface area (Å²) in [5.74, 6) is 0.421. The predicted octanol–water partition coefficient (Wildman–Crippen LogP) is 4.05. The molecule has 102 valence electrons. The van der Waals surface area contributed by atoms with E-state index >= 15 is 0 Å². The van der Waals surface area contributed by atoms with Gasteiger partial charge < -0.3 is 10.5 Å². The molecule has 0 saturated heterocycles. The highest BCUT2D eigenvalue weighted by atomic mass is 19.1. The average molecular weight is 253 g/mol. The highest BCUT2D eigenvalue weighted by molar-refractivity contribution is 5.36. The van der Waals surface area contributed by atoms with Gasteiger partial charge in [0.1, 0.15) is 11.6 Å². The molecule has 0 amide bonds. The van der Waals surface area contributed by atoms with Gasteiger partial charge in [-0.1, -0.05) is 20.8 Å². The predicted molar refractivity (Wildman–Crippen MR) is 73.2 cm³/mol. The third-order valence-electron chi connectivity index (χ3n) is 2.79. The van der Waals surface area contributed by atoms with Gasteiger partial charge in [0.15, 0.2) is 0 Å². The van der Waals surface area contributed by atoms with Crippen LogP contribution in [0.4, 0.5) is 4.39 Å². The van der Waals surface area contributed by atoms with E-state index in [1.807, 2.05) is 6.92 Å². The van der Waals surface area contributed by atoms with E-state index in [1.165, 1.54) is 12.1 Å². The van der Waals surface area contributed by atoms with Gasteiger partial charge in [0, 0.05) is 11.6 Å². The molecule has 1 aromatic carbocycles. The Kier molecular flexibility index (Phi) is 5.15. The molecule has 0 fully saturated rings. The molecule has 0 bridgehead atoms. The fourth-order valence-electron chi connectivity index (χ4n) is 1.79. The monoisotopic (exact) mass is 253 g/mol. The van der Waals surface area contributed by atoms with Gasteiger partial charge >= 0.3 is 0 Å². The quantitative estimate of drug-likeness (QED) is 0.803. The summed E-state index contributed by atoms with van der Waals surface area (Å²) in [4.78, 5) is 0. The first kappa shape index (κ1) is 15.0. The van der Waals surface area contributed by atoms with Crippen molar-refractivity contribution >= 4 is 0 Å². The molecule has 0 radical (unpaired) electrons. The number of hydrogen-bond donors (Lipinski definition) is 1. The molecule has 3 heteroatoms. The Balaban J connectivity index is 2.57. The largest absolute Gasteiger partial charge is 0.493 e. The third kappa shape index (κ3) is 5.05. The molecule has 1 aromatic rings. The van der Waals surface area contributed by atoms with Gasteiger partial charge in [-0.05, 0) is 43.4 Å². The lowest BCUT2D eigenvalue weighted by atomic mass is 9.91. The molecule has 2 nitrogen and oxygen atoms in total. The van der Waals surface area contributed by atoms with Crippen LogP contribution in [-0.4, -0.2) is 6.61 Å². The van der Waals surface area contributed by atoms with Crippen molar-refractivity contribution in [2.24, 2.45) is 11.1 Å². The minimum atomic E-state index is -0.274. The Hall–Kier alpha value is -1.09. The molecule has 18 heavy (non-hydrogen) atoms. The van der Waals surface area contributed by atoms with Gasteiger partial charge in [-0.3, -0.25) is 0 Å².